The molecule has 1 aliphatic rings. The van der Waals surface area contributed by atoms with Crippen LogP contribution < -0.4 is 0 Å². The Morgan fingerprint density at radius 1 is 1.00 bits per heavy atom. The molecule has 0 aromatic carbocycles. The molecule has 0 N–H and O–H groups in total. The van der Waals surface area contributed by atoms with Crippen molar-refractivity contribution >= 4 is 0 Å². The zero-order chi connectivity index (χ0) is 5.11. The Hall–Kier alpha value is -0.110. The molecule has 1 nitrogen and oxygen atoms in total. The highest BCUT2D eigenvalue weighted by Gasteiger charge is 2.06. The Morgan fingerprint density at radius 2 is 1.57 bits per heavy atom. The van der Waals surface area contributed by atoms with Crippen molar-refractivity contribution in [2.75, 3.05) is 13.1 Å². The van der Waals surface area contributed by atoms with Gasteiger partial charge >= 0.3 is 0 Å². The average Bonchev–Trinajstić information content (AvgIpc) is 1.69. The van der Waals surface area contributed by atoms with E-state index in [4.69, 9.17) is 0 Å². The molecule has 2 heteroatoms. The SMILES string of the molecule is FN1CCCCC1. The summed E-state index contributed by atoms with van der Waals surface area (Å²) < 4.78 is 12.0. The van der Waals surface area contributed by atoms with Crippen molar-refractivity contribution in [2.24, 2.45) is 0 Å². The molecule has 42 valence electrons. The van der Waals surface area contributed by atoms with Crippen LogP contribution in [-0.4, -0.2) is 18.2 Å². The number of rotatable bonds is 0. The molecule has 0 radical (unpaired) electrons. The smallest absolute Gasteiger partial charge is 0.0290 e. The van der Waals surface area contributed by atoms with E-state index in [1.807, 2.05) is 0 Å². The molecule has 1 aliphatic heterocycles. The van der Waals surface area contributed by atoms with E-state index < -0.39 is 0 Å². The van der Waals surface area contributed by atoms with E-state index in [0.29, 0.717) is 13.1 Å². The molecule has 0 unspecified atom stereocenters. The molecule has 0 saturated carbocycles. The minimum absolute atomic E-state index is 0.653. The van der Waals surface area contributed by atoms with Crippen LogP contribution in [0.4, 0.5) is 4.48 Å². The Morgan fingerprint density at radius 3 is 1.86 bits per heavy atom. The van der Waals surface area contributed by atoms with Crippen molar-refractivity contribution in [3.63, 3.8) is 0 Å². The highest BCUT2D eigenvalue weighted by atomic mass is 19.2. The largest absolute Gasteiger partial charge is 0.146 e. The van der Waals surface area contributed by atoms with Crippen LogP contribution >= 0.6 is 0 Å². The van der Waals surface area contributed by atoms with Crippen molar-refractivity contribution in [3.8, 4) is 0 Å². The fourth-order valence-corrected chi connectivity index (χ4v) is 0.855. The van der Waals surface area contributed by atoms with Gasteiger partial charge in [-0.15, -0.1) is 9.60 Å². The third kappa shape index (κ3) is 1.43. The van der Waals surface area contributed by atoms with Crippen molar-refractivity contribution in [1.29, 1.82) is 0 Å². The molecule has 0 bridgehead atoms. The molecule has 0 aromatic rings. The van der Waals surface area contributed by atoms with Gasteiger partial charge in [-0.1, -0.05) is 6.42 Å². The van der Waals surface area contributed by atoms with Crippen molar-refractivity contribution in [1.82, 2.24) is 5.12 Å². The lowest BCUT2D eigenvalue weighted by molar-refractivity contribution is 0.00630. The van der Waals surface area contributed by atoms with E-state index in [0.717, 1.165) is 18.0 Å². The molecule has 7 heavy (non-hydrogen) atoms. The lowest BCUT2D eigenvalue weighted by Gasteiger charge is -2.15. The van der Waals surface area contributed by atoms with Crippen LogP contribution in [0, 0.1) is 0 Å². The standard InChI is InChI=1S/C5H10FN/c6-7-4-2-1-3-5-7/h1-5H2. The molecule has 1 rings (SSSR count). The Kier molecular flexibility index (Phi) is 1.63. The van der Waals surface area contributed by atoms with Gasteiger partial charge in [0.1, 0.15) is 0 Å². The normalized spacial score (nSPS) is 25.3. The van der Waals surface area contributed by atoms with Gasteiger partial charge < -0.3 is 0 Å². The summed E-state index contributed by atoms with van der Waals surface area (Å²) in [6.07, 6.45) is 3.29. The van der Waals surface area contributed by atoms with Crippen LogP contribution in [0.5, 0.6) is 0 Å². The Labute approximate surface area is 43.1 Å². The average molecular weight is 103 g/mol. The van der Waals surface area contributed by atoms with Crippen LogP contribution in [0.3, 0.4) is 0 Å². The summed E-state index contributed by atoms with van der Waals surface area (Å²) in [5.74, 6) is 0. The second-order valence-electron chi connectivity index (χ2n) is 1.97. The number of nitrogens with zero attached hydrogens (tertiary/aromatic N) is 1. The van der Waals surface area contributed by atoms with Gasteiger partial charge in [0.25, 0.3) is 0 Å². The molecule has 0 atom stereocenters. The third-order valence-corrected chi connectivity index (χ3v) is 1.30. The molecule has 1 heterocycles. The van der Waals surface area contributed by atoms with Crippen molar-refractivity contribution in [3.05, 3.63) is 0 Å². The van der Waals surface area contributed by atoms with Crippen LogP contribution in [0.25, 0.3) is 0 Å². The van der Waals surface area contributed by atoms with Gasteiger partial charge in [0.15, 0.2) is 0 Å². The van der Waals surface area contributed by atoms with E-state index >= 15 is 0 Å². The molecule has 1 saturated heterocycles. The van der Waals surface area contributed by atoms with Gasteiger partial charge in [0, 0.05) is 13.1 Å². The molecular weight excluding hydrogens is 93.1 g/mol. The molecule has 0 spiro atoms. The van der Waals surface area contributed by atoms with Crippen molar-refractivity contribution in [2.45, 2.75) is 19.3 Å². The van der Waals surface area contributed by atoms with Crippen LogP contribution in [0.2, 0.25) is 0 Å². The predicted octanol–water partition coefficient (Wildman–Crippen LogP) is 1.36. The Balaban J connectivity index is 2.12. The lowest BCUT2D eigenvalue weighted by Crippen LogP contribution is -2.20. The summed E-state index contributed by atoms with van der Waals surface area (Å²) in [6.45, 7) is 1.31. The summed E-state index contributed by atoms with van der Waals surface area (Å²) in [6, 6.07) is 0. The molecule has 0 aromatic heterocycles. The number of halogens is 1. The van der Waals surface area contributed by atoms with Gasteiger partial charge in [-0.2, -0.15) is 0 Å². The third-order valence-electron chi connectivity index (χ3n) is 1.30. The van der Waals surface area contributed by atoms with Crippen LogP contribution in [-0.2, 0) is 0 Å². The maximum atomic E-state index is 12.0. The highest BCUT2D eigenvalue weighted by molar-refractivity contribution is 4.54. The van der Waals surface area contributed by atoms with Crippen LogP contribution in [0.1, 0.15) is 19.3 Å². The van der Waals surface area contributed by atoms with Gasteiger partial charge in [-0.05, 0) is 12.8 Å². The van der Waals surface area contributed by atoms with Gasteiger partial charge in [0.05, 0.1) is 0 Å². The molecule has 0 aliphatic carbocycles. The fraction of sp³-hybridized carbons (Fsp3) is 1.00. The van der Waals surface area contributed by atoms with E-state index in [2.05, 4.69) is 0 Å². The van der Waals surface area contributed by atoms with Gasteiger partial charge in [-0.25, -0.2) is 0 Å². The first kappa shape index (κ1) is 5.04. The first-order valence-corrected chi connectivity index (χ1v) is 2.80. The summed E-state index contributed by atoms with van der Waals surface area (Å²) in [7, 11) is 0. The quantitative estimate of drug-likeness (QED) is 0.418. The summed E-state index contributed by atoms with van der Waals surface area (Å²) in [4.78, 5) is 0. The second-order valence-corrected chi connectivity index (χ2v) is 1.97. The number of piperidine rings is 1. The highest BCUT2D eigenvalue weighted by Crippen LogP contribution is 2.07. The molecule has 0 amide bonds. The maximum absolute atomic E-state index is 12.0. The zero-order valence-electron chi connectivity index (χ0n) is 4.36. The predicted molar refractivity (Wildman–Crippen MR) is 26.5 cm³/mol. The lowest BCUT2D eigenvalue weighted by atomic mass is 10.2. The summed E-state index contributed by atoms with van der Waals surface area (Å²) in [5.41, 5.74) is 0. The van der Waals surface area contributed by atoms with E-state index in [1.54, 1.807) is 0 Å². The second kappa shape index (κ2) is 2.26. The molecular formula is C5H10FN. The van der Waals surface area contributed by atoms with Gasteiger partial charge in [-0.3, -0.25) is 0 Å². The zero-order valence-corrected chi connectivity index (χ0v) is 4.36. The maximum Gasteiger partial charge on any atom is 0.0290 e. The first-order valence-electron chi connectivity index (χ1n) is 2.80. The minimum Gasteiger partial charge on any atom is -0.146 e. The molecule has 1 fully saturated rings. The number of hydrogen-bond acceptors (Lipinski definition) is 1. The fourth-order valence-electron chi connectivity index (χ4n) is 0.855. The number of hydrogen-bond donors (Lipinski definition) is 0. The topological polar surface area (TPSA) is 3.24 Å². The van der Waals surface area contributed by atoms with Crippen LogP contribution in [0.15, 0.2) is 0 Å². The van der Waals surface area contributed by atoms with Crippen molar-refractivity contribution < 1.29 is 4.48 Å². The minimum atomic E-state index is 0.653. The first-order chi connectivity index (χ1) is 3.39. The monoisotopic (exact) mass is 103 g/mol. The summed E-state index contributed by atoms with van der Waals surface area (Å²) in [5, 5.41) is 0.892. The Bertz CT molecular complexity index is 50.0. The van der Waals surface area contributed by atoms with E-state index in [-0.39, 0.29) is 0 Å². The van der Waals surface area contributed by atoms with E-state index in [9.17, 15) is 4.48 Å². The van der Waals surface area contributed by atoms with E-state index in [1.165, 1.54) is 6.42 Å². The van der Waals surface area contributed by atoms with Gasteiger partial charge in [0.2, 0.25) is 0 Å². The summed E-state index contributed by atoms with van der Waals surface area (Å²) >= 11 is 0.